The lowest BCUT2D eigenvalue weighted by atomic mass is 10.1. The summed E-state index contributed by atoms with van der Waals surface area (Å²) in [5, 5.41) is 3.80. The van der Waals surface area contributed by atoms with Crippen molar-refractivity contribution in [3.63, 3.8) is 0 Å². The van der Waals surface area contributed by atoms with E-state index >= 15 is 0 Å². The van der Waals surface area contributed by atoms with Crippen LogP contribution in [0.4, 0.5) is 5.69 Å². The van der Waals surface area contributed by atoms with E-state index in [1.54, 1.807) is 39.0 Å². The minimum absolute atomic E-state index is 0.0345. The first-order valence-electron chi connectivity index (χ1n) is 12.8. The zero-order valence-corrected chi connectivity index (χ0v) is 26.8. The van der Waals surface area contributed by atoms with Gasteiger partial charge in [0.15, 0.2) is 11.5 Å². The quantitative estimate of drug-likeness (QED) is 0.264. The van der Waals surface area contributed by atoms with E-state index in [-0.39, 0.29) is 33.9 Å². The number of nitrogens with zero attached hydrogens (tertiary/aromatic N) is 2. The molecule has 0 spiro atoms. The normalized spacial score (nSPS) is 12.0. The first-order chi connectivity index (χ1) is 19.8. The van der Waals surface area contributed by atoms with Gasteiger partial charge < -0.3 is 19.7 Å². The van der Waals surface area contributed by atoms with Crippen LogP contribution in [0.3, 0.4) is 0 Å². The molecule has 0 bridgehead atoms. The van der Waals surface area contributed by atoms with Gasteiger partial charge in [-0.3, -0.25) is 13.9 Å². The number of carbonyl (C=O) groups is 2. The Bertz CT molecular complexity index is 1530. The van der Waals surface area contributed by atoms with Gasteiger partial charge in [0.05, 0.1) is 34.8 Å². The summed E-state index contributed by atoms with van der Waals surface area (Å²) >= 11 is 18.3. The number of halogens is 3. The molecule has 1 unspecified atom stereocenters. The third kappa shape index (κ3) is 8.01. The minimum atomic E-state index is -4.34. The van der Waals surface area contributed by atoms with E-state index < -0.39 is 34.4 Å². The van der Waals surface area contributed by atoms with Gasteiger partial charge >= 0.3 is 0 Å². The Morgan fingerprint density at radius 1 is 0.857 bits per heavy atom. The number of benzene rings is 3. The second-order valence-corrected chi connectivity index (χ2v) is 12.7. The Kier molecular flexibility index (Phi) is 11.4. The fraction of sp³-hybridized carbons (Fsp3) is 0.310. The summed E-state index contributed by atoms with van der Waals surface area (Å²) in [5.74, 6) is -0.504. The molecule has 0 saturated carbocycles. The molecule has 13 heteroatoms. The molecular formula is C29H32Cl3N3O6S. The lowest BCUT2D eigenvalue weighted by molar-refractivity contribution is -0.139. The SMILES string of the molecule is COc1ccc(S(=O)(=O)N(CC(=O)N(Cc2ccc(Cl)c(Cl)c2)C(C)C(=O)NC(C)C)c2ccc(Cl)cc2)cc1OC. The first-order valence-corrected chi connectivity index (χ1v) is 15.4. The van der Waals surface area contributed by atoms with Gasteiger partial charge in [-0.1, -0.05) is 40.9 Å². The smallest absolute Gasteiger partial charge is 0.264 e. The van der Waals surface area contributed by atoms with Crippen LogP contribution in [0.15, 0.2) is 65.6 Å². The van der Waals surface area contributed by atoms with Crippen molar-refractivity contribution in [2.24, 2.45) is 0 Å². The first kappa shape index (κ1) is 33.3. The van der Waals surface area contributed by atoms with Gasteiger partial charge in [-0.05, 0) is 74.9 Å². The third-order valence-electron chi connectivity index (χ3n) is 6.27. The largest absolute Gasteiger partial charge is 0.493 e. The summed E-state index contributed by atoms with van der Waals surface area (Å²) < 4.78 is 39.6. The Morgan fingerprint density at radius 2 is 1.50 bits per heavy atom. The molecule has 0 heterocycles. The van der Waals surface area contributed by atoms with E-state index in [0.717, 1.165) is 4.31 Å². The second kappa shape index (κ2) is 14.3. The molecule has 2 amide bonds. The van der Waals surface area contributed by atoms with Crippen molar-refractivity contribution in [3.8, 4) is 11.5 Å². The van der Waals surface area contributed by atoms with Gasteiger partial charge in [-0.15, -0.1) is 0 Å². The average molecular weight is 657 g/mol. The number of nitrogens with one attached hydrogen (secondary N) is 1. The molecule has 3 aromatic rings. The zero-order valence-electron chi connectivity index (χ0n) is 23.7. The Labute approximate surface area is 261 Å². The number of hydrogen-bond donors (Lipinski definition) is 1. The van der Waals surface area contributed by atoms with Gasteiger partial charge in [0.2, 0.25) is 11.8 Å². The number of rotatable bonds is 12. The van der Waals surface area contributed by atoms with Crippen molar-refractivity contribution < 1.29 is 27.5 Å². The van der Waals surface area contributed by atoms with Crippen LogP contribution in [0.25, 0.3) is 0 Å². The van der Waals surface area contributed by atoms with E-state index in [4.69, 9.17) is 44.3 Å². The summed E-state index contributed by atoms with van der Waals surface area (Å²) in [6.45, 7) is 4.51. The number of amides is 2. The summed E-state index contributed by atoms with van der Waals surface area (Å²) in [4.78, 5) is 28.2. The van der Waals surface area contributed by atoms with Crippen LogP contribution in [0, 0.1) is 0 Å². The summed E-state index contributed by atoms with van der Waals surface area (Å²) in [6, 6.07) is 13.9. The van der Waals surface area contributed by atoms with Gasteiger partial charge in [0.1, 0.15) is 12.6 Å². The molecule has 0 aliphatic rings. The molecule has 0 aromatic heterocycles. The highest BCUT2D eigenvalue weighted by Crippen LogP contribution is 2.33. The number of ether oxygens (including phenoxy) is 2. The predicted octanol–water partition coefficient (Wildman–Crippen LogP) is 5.80. The molecular weight excluding hydrogens is 625 g/mol. The molecule has 3 aromatic carbocycles. The van der Waals surface area contributed by atoms with E-state index in [1.807, 2.05) is 0 Å². The Morgan fingerprint density at radius 3 is 2.07 bits per heavy atom. The molecule has 226 valence electrons. The maximum Gasteiger partial charge on any atom is 0.264 e. The van der Waals surface area contributed by atoms with Crippen LogP contribution in [-0.4, -0.2) is 58.0 Å². The fourth-order valence-electron chi connectivity index (χ4n) is 4.06. The van der Waals surface area contributed by atoms with Gasteiger partial charge in [-0.25, -0.2) is 8.42 Å². The van der Waals surface area contributed by atoms with Crippen LogP contribution in [0.2, 0.25) is 15.1 Å². The molecule has 0 fully saturated rings. The third-order valence-corrected chi connectivity index (χ3v) is 9.03. The number of sulfonamides is 1. The molecule has 42 heavy (non-hydrogen) atoms. The van der Waals surface area contributed by atoms with Crippen molar-refractivity contribution in [2.75, 3.05) is 25.1 Å². The molecule has 0 radical (unpaired) electrons. The van der Waals surface area contributed by atoms with Crippen molar-refractivity contribution in [1.29, 1.82) is 0 Å². The molecule has 3 rings (SSSR count). The van der Waals surface area contributed by atoms with E-state index in [1.165, 1.54) is 61.6 Å². The van der Waals surface area contributed by atoms with E-state index in [9.17, 15) is 18.0 Å². The van der Waals surface area contributed by atoms with Crippen molar-refractivity contribution >= 4 is 62.3 Å². The van der Waals surface area contributed by atoms with Crippen LogP contribution in [-0.2, 0) is 26.2 Å². The topological polar surface area (TPSA) is 105 Å². The van der Waals surface area contributed by atoms with Gasteiger partial charge in [-0.2, -0.15) is 0 Å². The standard InChI is InChI=1S/C29H32Cl3N3O6S/c1-18(2)33-29(37)19(3)34(16-20-6-12-24(31)25(32)14-20)28(36)17-35(22-9-7-21(30)8-10-22)42(38,39)23-11-13-26(40-4)27(15-23)41-5/h6-15,18-19H,16-17H2,1-5H3,(H,33,37). The molecule has 0 aliphatic carbocycles. The second-order valence-electron chi connectivity index (χ2n) is 9.61. The minimum Gasteiger partial charge on any atom is -0.493 e. The molecule has 0 aliphatic heterocycles. The van der Waals surface area contributed by atoms with Crippen LogP contribution < -0.4 is 19.1 Å². The summed E-state index contributed by atoms with van der Waals surface area (Å²) in [6.07, 6.45) is 0. The van der Waals surface area contributed by atoms with Crippen molar-refractivity contribution in [3.05, 3.63) is 81.3 Å². The van der Waals surface area contributed by atoms with Gasteiger partial charge in [0.25, 0.3) is 10.0 Å². The molecule has 1 atom stereocenters. The zero-order chi connectivity index (χ0) is 31.2. The van der Waals surface area contributed by atoms with E-state index in [2.05, 4.69) is 5.32 Å². The predicted molar refractivity (Wildman–Crippen MR) is 165 cm³/mol. The molecule has 0 saturated heterocycles. The number of carbonyl (C=O) groups excluding carboxylic acids is 2. The van der Waals surface area contributed by atoms with Crippen LogP contribution >= 0.6 is 34.8 Å². The number of hydrogen-bond acceptors (Lipinski definition) is 6. The average Bonchev–Trinajstić information content (AvgIpc) is 2.95. The summed E-state index contributed by atoms with van der Waals surface area (Å²) in [5.41, 5.74) is 0.791. The molecule has 1 N–H and O–H groups in total. The maximum atomic E-state index is 14.0. The van der Waals surface area contributed by atoms with Gasteiger partial charge in [0, 0.05) is 23.7 Å². The monoisotopic (exact) mass is 655 g/mol. The lowest BCUT2D eigenvalue weighted by Crippen LogP contribution is -2.52. The van der Waals surface area contributed by atoms with Crippen molar-refractivity contribution in [1.82, 2.24) is 10.2 Å². The summed E-state index contributed by atoms with van der Waals surface area (Å²) in [7, 11) is -1.51. The highest BCUT2D eigenvalue weighted by atomic mass is 35.5. The highest BCUT2D eigenvalue weighted by molar-refractivity contribution is 7.92. The van der Waals surface area contributed by atoms with Crippen LogP contribution in [0.1, 0.15) is 26.3 Å². The maximum absolute atomic E-state index is 14.0. The Balaban J connectivity index is 2.08. The highest BCUT2D eigenvalue weighted by Gasteiger charge is 2.33. The van der Waals surface area contributed by atoms with E-state index in [0.29, 0.717) is 21.4 Å². The van der Waals surface area contributed by atoms with Crippen LogP contribution in [0.5, 0.6) is 11.5 Å². The lowest BCUT2D eigenvalue weighted by Gasteiger charge is -2.32. The fourth-order valence-corrected chi connectivity index (χ4v) is 5.94. The molecule has 9 nitrogen and oxygen atoms in total. The number of methoxy groups -OCH3 is 2. The van der Waals surface area contributed by atoms with Crippen molar-refractivity contribution in [2.45, 2.75) is 44.3 Å². The number of anilines is 1. The Hall–Kier alpha value is -3.18.